The Labute approximate surface area is 878 Å². The molecule has 0 aliphatic carbocycles. The van der Waals surface area contributed by atoms with Crippen LogP contribution in [-0.4, -0.2) is 229 Å². The topological polar surface area (TPSA) is 360 Å². The number of Topliss-reactive ketones (excluding diaryl/α,β-unsaturated/α-hetero) is 4. The molecular formula is C108H131Cl4F2N21O13. The van der Waals surface area contributed by atoms with Crippen LogP contribution in [0.15, 0.2) is 147 Å². The van der Waals surface area contributed by atoms with E-state index in [0.717, 1.165) is 119 Å². The molecule has 4 N–H and O–H groups in total. The fraction of sp³-hybridized carbons (Fsp3) is 0.472. The average molecular weight is 2110 g/mol. The Morgan fingerprint density at radius 1 is 0.378 bits per heavy atom. The van der Waals surface area contributed by atoms with Gasteiger partial charge in [-0.25, -0.2) is 28.7 Å². The average Bonchev–Trinajstić information content (AvgIpc) is 0.890. The van der Waals surface area contributed by atoms with Crippen molar-refractivity contribution in [2.75, 3.05) is 167 Å². The predicted molar refractivity (Wildman–Crippen MR) is 583 cm³/mol. The zero-order chi connectivity index (χ0) is 106. The van der Waals surface area contributed by atoms with Crippen LogP contribution >= 0.6 is 46.4 Å². The first-order chi connectivity index (χ1) is 70.5. The van der Waals surface area contributed by atoms with Crippen LogP contribution in [0.3, 0.4) is 0 Å². The minimum atomic E-state index is -1.17. The van der Waals surface area contributed by atoms with E-state index in [2.05, 4.69) is 84.8 Å². The summed E-state index contributed by atoms with van der Waals surface area (Å²) in [4.78, 5) is 144. The SMILES string of the molecule is CCC(=O)COc1cc2cc(Nc3cc(N4CCC(C)(F)CC4)ncc3Cl)ccc2n(C(C)C)c1=O.CCC(=O)COc1cc2cc(Nc3nc(N4CCC(C)(F)CC4)ncc3Cl)ccc2n(C(C)C)c1=O.CCC(=O)COc1cc2cc(Nc3nc(N4CCC5(CCN(C)C5)C4)ncc3Cl)ccc2n(C(C)C)c1=O.CCC(=O)COc1cc2cc(Nc3nc(N4CCOC5(CN(C)C5)C4)ncc3Cl)ccc2n(C(C)C)c1=O. The minimum absolute atomic E-state index is 0.0610. The fourth-order valence-corrected chi connectivity index (χ4v) is 19.8. The molecule has 4 aromatic carbocycles. The lowest BCUT2D eigenvalue weighted by Gasteiger charge is -2.52. The number of alkyl halides is 2. The number of aromatic nitrogens is 11. The highest BCUT2D eigenvalue weighted by Gasteiger charge is 2.47. The lowest BCUT2D eigenvalue weighted by atomic mass is 9.86. The molecule has 0 amide bonds. The van der Waals surface area contributed by atoms with E-state index in [-0.39, 0.29) is 125 Å². The summed E-state index contributed by atoms with van der Waals surface area (Å²) < 4.78 is 63.6. The van der Waals surface area contributed by atoms with Crippen molar-refractivity contribution >= 4 is 183 Å². The maximum absolute atomic E-state index is 14.2. The number of likely N-dealkylation sites (N-methyl/N-ethyl adjacent to an activating group) is 1. The van der Waals surface area contributed by atoms with Gasteiger partial charge in [-0.2, -0.15) is 15.0 Å². The van der Waals surface area contributed by atoms with Crippen LogP contribution in [0.5, 0.6) is 23.0 Å². The number of carbonyl (C=O) groups is 4. The Bertz CT molecular complexity index is 6970. The summed E-state index contributed by atoms with van der Waals surface area (Å²) in [7, 11) is 4.26. The highest BCUT2D eigenvalue weighted by Crippen LogP contribution is 2.43. The van der Waals surface area contributed by atoms with E-state index >= 15 is 0 Å². The molecule has 148 heavy (non-hydrogen) atoms. The Hall–Kier alpha value is -12.7. The summed E-state index contributed by atoms with van der Waals surface area (Å²) in [5.41, 5.74) is 3.48. The monoisotopic (exact) mass is 2110 g/mol. The molecule has 12 aromatic rings. The van der Waals surface area contributed by atoms with E-state index in [1.165, 1.54) is 12.6 Å². The van der Waals surface area contributed by atoms with Gasteiger partial charge in [0.15, 0.2) is 63.6 Å². The number of ketones is 4. The number of benzene rings is 4. The van der Waals surface area contributed by atoms with E-state index in [1.54, 1.807) is 103 Å². The van der Waals surface area contributed by atoms with Gasteiger partial charge in [0.1, 0.15) is 64.3 Å². The molecule has 6 fully saturated rings. The second-order valence-corrected chi connectivity index (χ2v) is 42.3. The Balaban J connectivity index is 0.000000148. The number of nitrogens with one attached hydrogen (secondary N) is 4. The zero-order valence-corrected chi connectivity index (χ0v) is 89.7. The van der Waals surface area contributed by atoms with Crippen molar-refractivity contribution in [3.63, 3.8) is 0 Å². The standard InChI is InChI=1S/C28H35ClN6O3.C27H32ClFN4O3.C27H33ClN6O4.C26H31ClFN5O3/c1-5-21(36)15-38-24-13-19-12-20(6-7-23(19)35(18(2)3)26(24)37)31-25-22(29)14-30-27(32-25)34-11-9-28(17-34)8-10-33(4)16-28;1-5-20(34)16-36-24-13-18-12-19(6-7-23(18)33(17(2)3)26(24)35)31-22-14-25(30-15-21(22)28)32-10-8-27(4,29)9-11-32;1-5-20(35)13-37-23-11-18-10-19(6-7-22(18)34(17(2)3)25(23)36)30-24-21(28)12-29-26(31-24)33-8-9-38-27(16-33)14-32(4)15-27;1-5-19(34)15-36-22-13-17-12-18(6-7-21(17)33(16(2)3)24(22)35)30-23-20(27)14-29-25(31-23)32-10-8-26(4,28)9-11-32/h6-7,12-14,18H,5,8-11,15-17H2,1-4H3,(H,30,31,32);6-7,12-15,17H,5,8-11,16H2,1-4H3,(H,30,31);6-7,10-12,17H,5,8-9,13-16H2,1-4H3,(H,29,30,31);6-7,12-14,16H,5,8-11,15H2,1-4H3,(H,29,30,31). The van der Waals surface area contributed by atoms with Gasteiger partial charge in [-0.15, -0.1) is 0 Å². The molecular weight excluding hydrogens is 1980 g/mol. The van der Waals surface area contributed by atoms with Gasteiger partial charge in [-0.1, -0.05) is 74.1 Å². The van der Waals surface area contributed by atoms with Gasteiger partial charge in [0.25, 0.3) is 22.2 Å². The van der Waals surface area contributed by atoms with E-state index in [4.69, 9.17) is 80.1 Å². The first-order valence-electron chi connectivity index (χ1n) is 50.6. The number of morpholine rings is 1. The number of likely N-dealkylation sites (tertiary alicyclic amines) is 2. The molecule has 6 aliphatic rings. The normalized spacial score (nSPS) is 16.9. The number of rotatable bonds is 32. The van der Waals surface area contributed by atoms with Crippen LogP contribution in [0, 0.1) is 5.41 Å². The third-order valence-corrected chi connectivity index (χ3v) is 28.7. The van der Waals surface area contributed by atoms with Gasteiger partial charge in [0.2, 0.25) is 17.8 Å². The summed E-state index contributed by atoms with van der Waals surface area (Å²) in [6, 6.07) is 30.8. The maximum atomic E-state index is 14.2. The molecule has 8 aromatic heterocycles. The molecule has 1 atom stereocenters. The number of pyridine rings is 5. The molecule has 2 spiro atoms. The summed E-state index contributed by atoms with van der Waals surface area (Å²) in [5, 5.41) is 18.0. The third-order valence-electron chi connectivity index (χ3n) is 27.5. The molecule has 40 heteroatoms. The number of hydrogen-bond acceptors (Lipinski definition) is 30. The first-order valence-corrected chi connectivity index (χ1v) is 52.1. The van der Waals surface area contributed by atoms with Gasteiger partial charge >= 0.3 is 0 Å². The number of anilines is 12. The summed E-state index contributed by atoms with van der Waals surface area (Å²) in [6.45, 7) is 35.4. The number of carbonyl (C=O) groups excluding carboxylic acids is 4. The van der Waals surface area contributed by atoms with Crippen molar-refractivity contribution in [2.45, 2.75) is 202 Å². The lowest BCUT2D eigenvalue weighted by molar-refractivity contribution is -0.141. The van der Waals surface area contributed by atoms with E-state index in [0.29, 0.717) is 163 Å². The molecule has 34 nitrogen and oxygen atoms in total. The summed E-state index contributed by atoms with van der Waals surface area (Å²) in [5.74, 6) is 4.24. The Morgan fingerprint density at radius 3 is 1.03 bits per heavy atom. The summed E-state index contributed by atoms with van der Waals surface area (Å²) in [6.07, 6.45) is 11.9. The highest BCUT2D eigenvalue weighted by atomic mass is 35.5. The van der Waals surface area contributed by atoms with Gasteiger partial charge in [-0.05, 0) is 225 Å². The lowest BCUT2D eigenvalue weighted by Crippen LogP contribution is -2.69. The number of ether oxygens (including phenoxy) is 5. The second-order valence-electron chi connectivity index (χ2n) is 40.6. The molecule has 6 saturated heterocycles. The smallest absolute Gasteiger partial charge is 0.293 e. The molecule has 0 saturated carbocycles. The number of halogens is 6. The van der Waals surface area contributed by atoms with Crippen LogP contribution in [-0.2, 0) is 23.9 Å². The number of fused-ring (bicyclic) bond motifs is 4. The van der Waals surface area contributed by atoms with Crippen LogP contribution in [0.25, 0.3) is 43.6 Å². The number of piperidine rings is 2. The van der Waals surface area contributed by atoms with E-state index < -0.39 is 11.3 Å². The predicted octanol–water partition coefficient (Wildman–Crippen LogP) is 19.8. The second kappa shape index (κ2) is 47.0. The largest absolute Gasteiger partial charge is 0.480 e. The van der Waals surface area contributed by atoms with Crippen molar-refractivity contribution in [1.29, 1.82) is 0 Å². The van der Waals surface area contributed by atoms with Crippen molar-refractivity contribution < 1.29 is 51.6 Å². The molecule has 18 rings (SSSR count). The number of nitrogens with zero attached hydrogens (tertiary/aromatic N) is 17. The fourth-order valence-electron chi connectivity index (χ4n) is 19.3. The van der Waals surface area contributed by atoms with Crippen LogP contribution < -0.4 is 82.1 Å². The molecule has 6 aliphatic heterocycles. The quantitative estimate of drug-likeness (QED) is 0.0304. The Morgan fingerprint density at radius 2 is 0.696 bits per heavy atom. The summed E-state index contributed by atoms with van der Waals surface area (Å²) >= 11 is 25.8. The van der Waals surface area contributed by atoms with Crippen LogP contribution in [0.2, 0.25) is 20.1 Å². The van der Waals surface area contributed by atoms with Crippen molar-refractivity contribution in [2.24, 2.45) is 5.41 Å². The molecule has 788 valence electrons. The highest BCUT2D eigenvalue weighted by molar-refractivity contribution is 6.34. The van der Waals surface area contributed by atoms with Crippen LogP contribution in [0.1, 0.15) is 185 Å². The van der Waals surface area contributed by atoms with E-state index in [9.17, 15) is 47.1 Å². The van der Waals surface area contributed by atoms with Crippen molar-refractivity contribution in [3.8, 4) is 23.0 Å². The molecule has 1 unspecified atom stereocenters. The van der Waals surface area contributed by atoms with Gasteiger partial charge in [0.05, 0.1) is 70.7 Å². The molecule has 0 radical (unpaired) electrons. The van der Waals surface area contributed by atoms with Crippen LogP contribution in [0.4, 0.5) is 78.3 Å². The minimum Gasteiger partial charge on any atom is -0.480 e. The van der Waals surface area contributed by atoms with Crippen molar-refractivity contribution in [3.05, 3.63) is 189 Å². The van der Waals surface area contributed by atoms with Crippen molar-refractivity contribution in [1.82, 2.24) is 63.0 Å². The Kier molecular flexibility index (Phi) is 34.8. The maximum Gasteiger partial charge on any atom is 0.293 e. The van der Waals surface area contributed by atoms with Gasteiger partial charge in [-0.3, -0.25) is 38.4 Å². The number of hydrogen-bond donors (Lipinski definition) is 4. The van der Waals surface area contributed by atoms with E-state index in [1.807, 2.05) is 139 Å². The zero-order valence-electron chi connectivity index (χ0n) is 86.7. The first kappa shape index (κ1) is 109. The van der Waals surface area contributed by atoms with Gasteiger partial charge < -0.3 is 92.6 Å². The third kappa shape index (κ3) is 26.0. The van der Waals surface area contributed by atoms with Gasteiger partial charge in [0, 0.05) is 171 Å². The molecule has 14 heterocycles. The molecule has 0 bridgehead atoms.